The molecule has 70 heavy (non-hydrogen) atoms. The fourth-order valence-corrected chi connectivity index (χ4v) is 9.88. The summed E-state index contributed by atoms with van der Waals surface area (Å²) >= 11 is 1.60. The zero-order valence-corrected chi connectivity index (χ0v) is 41.6. The minimum absolute atomic E-state index is 0.149. The molecule has 6 rings (SSSR count). The van der Waals surface area contributed by atoms with Crippen LogP contribution in [0.4, 0.5) is 5.13 Å². The minimum Gasteiger partial charge on any atom is -0.494 e. The standard InChI is InChI=1S/C56H70N2O11S/c1-4-13-41-16-18-42(19-17-41)45-24-29-50(46(40-45)30-31-58(56-57-49-14-9-10-15-51(49)70-56)32-35-63-36-37-64-38-39-67-53(60)6-3)69-55(62)44-22-20-43(21-23-44)54(61)68-48-27-25-47(26-28-48)65-33-11-7-8-12-34-66-52(59)5-2/h5-6,9-10,14-15,24-31,40-44H,2-4,7-8,11-13,16-23,32-39H2,1H3/b31-30+. The van der Waals surface area contributed by atoms with E-state index in [1.165, 1.54) is 37.3 Å². The summed E-state index contributed by atoms with van der Waals surface area (Å²) in [6, 6.07) is 21.4. The van der Waals surface area contributed by atoms with Crippen molar-refractivity contribution < 1.29 is 52.3 Å². The minimum atomic E-state index is -0.483. The van der Waals surface area contributed by atoms with E-state index in [0.717, 1.165) is 71.4 Å². The lowest BCUT2D eigenvalue weighted by Gasteiger charge is -2.29. The van der Waals surface area contributed by atoms with Crippen LogP contribution in [-0.2, 0) is 38.1 Å². The highest BCUT2D eigenvalue weighted by Crippen LogP contribution is 2.40. The first-order valence-electron chi connectivity index (χ1n) is 25.1. The van der Waals surface area contributed by atoms with Crippen LogP contribution in [0.3, 0.4) is 0 Å². The summed E-state index contributed by atoms with van der Waals surface area (Å²) in [7, 11) is 0. The Morgan fingerprint density at radius 1 is 0.686 bits per heavy atom. The Kier molecular flexibility index (Phi) is 22.5. The number of carbonyl (C=O) groups is 4. The number of aromatic nitrogens is 1. The fraction of sp³-hybridized carbons (Fsp3) is 0.482. The Morgan fingerprint density at radius 2 is 1.31 bits per heavy atom. The van der Waals surface area contributed by atoms with E-state index in [1.54, 1.807) is 35.6 Å². The van der Waals surface area contributed by atoms with Gasteiger partial charge in [0.1, 0.15) is 23.9 Å². The third-order valence-corrected chi connectivity index (χ3v) is 13.9. The average molecular weight is 979 g/mol. The first-order valence-corrected chi connectivity index (χ1v) is 25.9. The molecule has 0 N–H and O–H groups in total. The summed E-state index contributed by atoms with van der Waals surface area (Å²) in [5.41, 5.74) is 2.97. The van der Waals surface area contributed by atoms with Crippen molar-refractivity contribution in [3.8, 4) is 17.2 Å². The van der Waals surface area contributed by atoms with Crippen LogP contribution >= 0.6 is 11.3 Å². The number of para-hydroxylation sites is 1. The Morgan fingerprint density at radius 3 is 2.00 bits per heavy atom. The van der Waals surface area contributed by atoms with E-state index in [-0.39, 0.29) is 37.0 Å². The topological polar surface area (TPSA) is 149 Å². The number of esters is 4. The highest BCUT2D eigenvalue weighted by Gasteiger charge is 2.33. The van der Waals surface area contributed by atoms with Crippen molar-refractivity contribution in [2.24, 2.45) is 17.8 Å². The molecule has 2 fully saturated rings. The van der Waals surface area contributed by atoms with Gasteiger partial charge in [-0.05, 0) is 149 Å². The number of anilines is 1. The molecule has 14 heteroatoms. The van der Waals surface area contributed by atoms with Crippen LogP contribution in [-0.4, -0.2) is 81.7 Å². The van der Waals surface area contributed by atoms with Gasteiger partial charge in [0.05, 0.1) is 61.7 Å². The van der Waals surface area contributed by atoms with Crippen molar-refractivity contribution in [1.82, 2.24) is 4.98 Å². The van der Waals surface area contributed by atoms with Crippen LogP contribution in [0.25, 0.3) is 16.3 Å². The Labute approximate surface area is 417 Å². The molecule has 0 unspecified atom stereocenters. The maximum absolute atomic E-state index is 13.9. The highest BCUT2D eigenvalue weighted by atomic mass is 32.1. The van der Waals surface area contributed by atoms with Crippen molar-refractivity contribution in [3.05, 3.63) is 109 Å². The predicted molar refractivity (Wildman–Crippen MR) is 273 cm³/mol. The molecule has 2 saturated carbocycles. The van der Waals surface area contributed by atoms with Gasteiger partial charge in [-0.2, -0.15) is 0 Å². The summed E-state index contributed by atoms with van der Waals surface area (Å²) in [4.78, 5) is 56.6. The second-order valence-electron chi connectivity index (χ2n) is 17.9. The van der Waals surface area contributed by atoms with Crippen molar-refractivity contribution in [2.75, 3.05) is 57.7 Å². The Bertz CT molecular complexity index is 2280. The van der Waals surface area contributed by atoms with Gasteiger partial charge in [0.25, 0.3) is 0 Å². The molecule has 4 aromatic rings. The van der Waals surface area contributed by atoms with E-state index in [0.29, 0.717) is 88.4 Å². The molecular weight excluding hydrogens is 909 g/mol. The molecule has 1 aromatic heterocycles. The number of thiazole rings is 1. The maximum atomic E-state index is 13.9. The lowest BCUT2D eigenvalue weighted by atomic mass is 9.77. The molecule has 1 heterocycles. The number of fused-ring (bicyclic) bond motifs is 1. The third kappa shape index (κ3) is 17.5. The molecule has 0 radical (unpaired) electrons. The number of benzene rings is 3. The lowest BCUT2D eigenvalue weighted by molar-refractivity contribution is -0.145. The van der Waals surface area contributed by atoms with E-state index < -0.39 is 11.9 Å². The SMILES string of the molecule is C=CC(=O)OCCCCCCOc1ccc(OC(=O)C2CCC(C(=O)Oc3ccc(C4CCC(CCC)CC4)cc3/C=C/N(CCOCCOCCOC(=O)C=C)c3nc4ccccc4s3)CC2)cc1. The van der Waals surface area contributed by atoms with E-state index in [2.05, 4.69) is 43.2 Å². The van der Waals surface area contributed by atoms with Crippen molar-refractivity contribution >= 4 is 56.6 Å². The van der Waals surface area contributed by atoms with Crippen LogP contribution in [0.5, 0.6) is 17.2 Å². The molecule has 13 nitrogen and oxygen atoms in total. The molecule has 3 aromatic carbocycles. The fourth-order valence-electron chi connectivity index (χ4n) is 8.91. The summed E-state index contributed by atoms with van der Waals surface area (Å²) in [5.74, 6) is 0.726. The van der Waals surface area contributed by atoms with Crippen LogP contribution in [0, 0.1) is 17.8 Å². The summed E-state index contributed by atoms with van der Waals surface area (Å²) < 4.78 is 40.4. The summed E-state index contributed by atoms with van der Waals surface area (Å²) in [5, 5.41) is 0.813. The number of hydrogen-bond donors (Lipinski definition) is 0. The third-order valence-electron chi connectivity index (χ3n) is 12.9. The molecule has 2 aliphatic rings. The second kappa shape index (κ2) is 29.4. The van der Waals surface area contributed by atoms with Gasteiger partial charge in [0, 0.05) is 30.5 Å². The van der Waals surface area contributed by atoms with Gasteiger partial charge in [-0.15, -0.1) is 0 Å². The zero-order chi connectivity index (χ0) is 49.3. The van der Waals surface area contributed by atoms with Gasteiger partial charge >= 0.3 is 23.9 Å². The van der Waals surface area contributed by atoms with Gasteiger partial charge in [0.2, 0.25) is 0 Å². The number of ether oxygens (including phenoxy) is 7. The normalized spacial score (nSPS) is 18.0. The average Bonchev–Trinajstić information content (AvgIpc) is 3.83. The largest absolute Gasteiger partial charge is 0.494 e. The molecular formula is C56H70N2O11S. The zero-order valence-electron chi connectivity index (χ0n) is 40.7. The maximum Gasteiger partial charge on any atom is 0.330 e. The van der Waals surface area contributed by atoms with Crippen molar-refractivity contribution in [2.45, 2.75) is 103 Å². The van der Waals surface area contributed by atoms with Gasteiger partial charge in [-0.3, -0.25) is 9.59 Å². The molecule has 0 amide bonds. The number of carbonyl (C=O) groups excluding carboxylic acids is 4. The summed E-state index contributed by atoms with van der Waals surface area (Å²) in [6.07, 6.45) is 19.2. The summed E-state index contributed by atoms with van der Waals surface area (Å²) in [6.45, 7) is 12.0. The first-order chi connectivity index (χ1) is 34.2. The molecule has 2 aliphatic carbocycles. The van der Waals surface area contributed by atoms with E-state index in [9.17, 15) is 19.2 Å². The van der Waals surface area contributed by atoms with E-state index >= 15 is 0 Å². The van der Waals surface area contributed by atoms with Gasteiger partial charge in [-0.1, -0.05) is 62.5 Å². The number of unbranched alkanes of at least 4 members (excludes halogenated alkanes) is 3. The van der Waals surface area contributed by atoms with Gasteiger partial charge in [-0.25, -0.2) is 14.6 Å². The Balaban J connectivity index is 1.04. The van der Waals surface area contributed by atoms with Crippen LogP contribution < -0.4 is 19.1 Å². The molecule has 376 valence electrons. The monoisotopic (exact) mass is 978 g/mol. The van der Waals surface area contributed by atoms with Crippen molar-refractivity contribution in [3.63, 3.8) is 0 Å². The highest BCUT2D eigenvalue weighted by molar-refractivity contribution is 7.22. The van der Waals surface area contributed by atoms with E-state index in [4.69, 9.17) is 38.1 Å². The van der Waals surface area contributed by atoms with Crippen molar-refractivity contribution in [1.29, 1.82) is 0 Å². The molecule has 0 saturated heterocycles. The molecule has 0 atom stereocenters. The quantitative estimate of drug-likeness (QED) is 0.0220. The van der Waals surface area contributed by atoms with Crippen LogP contribution in [0.2, 0.25) is 0 Å². The van der Waals surface area contributed by atoms with E-state index in [1.807, 2.05) is 36.5 Å². The van der Waals surface area contributed by atoms with Crippen LogP contribution in [0.15, 0.2) is 98.2 Å². The Hall–Kier alpha value is -5.83. The smallest absolute Gasteiger partial charge is 0.330 e. The second-order valence-corrected chi connectivity index (χ2v) is 18.9. The molecule has 0 bridgehead atoms. The number of hydrogen-bond acceptors (Lipinski definition) is 14. The molecule has 0 aliphatic heterocycles. The predicted octanol–water partition coefficient (Wildman–Crippen LogP) is 11.6. The van der Waals surface area contributed by atoms with Gasteiger partial charge < -0.3 is 38.1 Å². The lowest BCUT2D eigenvalue weighted by Crippen LogP contribution is -2.30. The van der Waals surface area contributed by atoms with Gasteiger partial charge in [0.15, 0.2) is 5.13 Å². The van der Waals surface area contributed by atoms with Crippen LogP contribution in [0.1, 0.15) is 114 Å². The number of nitrogens with zero attached hydrogens (tertiary/aromatic N) is 2. The number of rotatable bonds is 29. The first kappa shape index (κ1) is 53.5. The molecule has 0 spiro atoms.